The van der Waals surface area contributed by atoms with Gasteiger partial charge in [0, 0.05) is 0 Å². The summed E-state index contributed by atoms with van der Waals surface area (Å²) >= 11 is 7.64. The van der Waals surface area contributed by atoms with Gasteiger partial charge in [-0.2, -0.15) is 0 Å². The Balaban J connectivity index is 1.56. The number of hydrogen-bond acceptors (Lipinski definition) is 4. The molecule has 0 atom stereocenters. The number of pyridine rings is 1. The molecule has 28 heavy (non-hydrogen) atoms. The van der Waals surface area contributed by atoms with Gasteiger partial charge in [-0.25, -0.2) is 9.38 Å². The number of aryl methyl sites for hydroxylation is 1. The maximum atomic E-state index is 13.2. The van der Waals surface area contributed by atoms with Crippen LogP contribution in [0.25, 0.3) is 0 Å². The molecule has 2 aromatic carbocycles. The maximum Gasteiger partial charge on any atom is 0.206 e. The Kier molecular flexibility index (Phi) is 5.36. The molecule has 8 heteroatoms. The summed E-state index contributed by atoms with van der Waals surface area (Å²) in [4.78, 5) is 9.59. The Morgan fingerprint density at radius 2 is 2.00 bits per heavy atom. The lowest BCUT2D eigenvalue weighted by molar-refractivity contribution is 0.484. The molecular weight excluding hydrogens is 399 g/mol. The van der Waals surface area contributed by atoms with Crippen LogP contribution in [0.4, 0.5) is 10.1 Å². The molecule has 5 nitrogen and oxygen atoms in total. The van der Waals surface area contributed by atoms with E-state index in [-0.39, 0.29) is 5.82 Å². The lowest BCUT2D eigenvalue weighted by Crippen LogP contribution is -2.29. The summed E-state index contributed by atoms with van der Waals surface area (Å²) in [6.45, 7) is 2.14. The minimum atomic E-state index is -0.353. The van der Waals surface area contributed by atoms with E-state index in [1.807, 2.05) is 43.3 Å². The fourth-order valence-corrected chi connectivity index (χ4v) is 3.55. The second kappa shape index (κ2) is 8.08. The third-order valence-corrected chi connectivity index (χ3v) is 5.25. The normalized spacial score (nSPS) is 14.2. The van der Waals surface area contributed by atoms with Crippen LogP contribution < -0.4 is 14.8 Å². The molecule has 0 saturated carbocycles. The number of aliphatic imine (C=N–C) groups is 1. The van der Waals surface area contributed by atoms with Crippen LogP contribution in [0.2, 0.25) is 5.02 Å². The predicted molar refractivity (Wildman–Crippen MR) is 111 cm³/mol. The van der Waals surface area contributed by atoms with Crippen molar-refractivity contribution < 1.29 is 9.13 Å². The van der Waals surface area contributed by atoms with E-state index >= 15 is 0 Å². The van der Waals surface area contributed by atoms with Crippen LogP contribution in [0.5, 0.6) is 11.5 Å². The van der Waals surface area contributed by atoms with Crippen molar-refractivity contribution in [3.05, 3.63) is 76.8 Å². The number of anilines is 1. The summed E-state index contributed by atoms with van der Waals surface area (Å²) in [6.07, 6.45) is 1.20. The van der Waals surface area contributed by atoms with Crippen molar-refractivity contribution in [1.82, 2.24) is 9.71 Å². The Hall–Kier alpha value is -2.77. The summed E-state index contributed by atoms with van der Waals surface area (Å²) < 4.78 is 22.4. The molecule has 0 spiro atoms. The van der Waals surface area contributed by atoms with Crippen LogP contribution in [0, 0.1) is 12.7 Å². The molecule has 3 aromatic rings. The van der Waals surface area contributed by atoms with Gasteiger partial charge >= 0.3 is 0 Å². The van der Waals surface area contributed by atoms with E-state index < -0.39 is 0 Å². The van der Waals surface area contributed by atoms with E-state index in [4.69, 9.17) is 16.3 Å². The highest BCUT2D eigenvalue weighted by molar-refractivity contribution is 7.98. The van der Waals surface area contributed by atoms with Crippen LogP contribution in [-0.2, 0) is 6.54 Å². The van der Waals surface area contributed by atoms with Gasteiger partial charge in [0.05, 0.1) is 34.0 Å². The van der Waals surface area contributed by atoms with Gasteiger partial charge in [0.25, 0.3) is 0 Å². The third kappa shape index (κ3) is 4.05. The number of fused-ring (bicyclic) bond motifs is 1. The topological polar surface area (TPSA) is 58.5 Å². The molecule has 1 aliphatic heterocycles. The zero-order valence-corrected chi connectivity index (χ0v) is 16.4. The van der Waals surface area contributed by atoms with Gasteiger partial charge in [-0.15, -0.1) is 0 Å². The van der Waals surface area contributed by atoms with Gasteiger partial charge in [-0.3, -0.25) is 9.71 Å². The maximum absolute atomic E-state index is 13.2. The lowest BCUT2D eigenvalue weighted by atomic mass is 10.2. The number of para-hydroxylation sites is 2. The quantitative estimate of drug-likeness (QED) is 0.548. The van der Waals surface area contributed by atoms with E-state index in [0.29, 0.717) is 34.7 Å². The highest BCUT2D eigenvalue weighted by Crippen LogP contribution is 2.40. The second-order valence-electron chi connectivity index (χ2n) is 6.07. The van der Waals surface area contributed by atoms with Gasteiger partial charge in [0.1, 0.15) is 11.6 Å². The molecule has 142 valence electrons. The number of guanidine groups is 1. The highest BCUT2D eigenvalue weighted by Gasteiger charge is 2.19. The van der Waals surface area contributed by atoms with Crippen LogP contribution in [0.1, 0.15) is 11.3 Å². The number of halogens is 2. The number of nitrogens with zero attached hydrogens (tertiary/aromatic N) is 2. The minimum Gasteiger partial charge on any atom is -0.454 e. The molecule has 0 fully saturated rings. The van der Waals surface area contributed by atoms with Crippen molar-refractivity contribution in [2.24, 2.45) is 4.99 Å². The fraction of sp³-hybridized carbons (Fsp3) is 0.100. The number of aromatic nitrogens is 1. The third-order valence-electron chi connectivity index (χ3n) is 4.09. The highest BCUT2D eigenvalue weighted by atomic mass is 35.5. The molecule has 1 aliphatic rings. The standard InChI is InChI=1S/C20H16ClFN4OS/c1-12-9-13(22)10-23-15(12)11-24-20-25-19-17(7-4-8-18(19)28-26-20)27-16-6-3-2-5-14(16)21/h2-10H,11H2,1H3,(H2,24,25,26). The van der Waals surface area contributed by atoms with Gasteiger partial charge < -0.3 is 10.1 Å². The van der Waals surface area contributed by atoms with E-state index in [1.165, 1.54) is 24.2 Å². The number of rotatable bonds is 4. The summed E-state index contributed by atoms with van der Waals surface area (Å²) in [5, 5.41) is 3.79. The molecule has 4 rings (SSSR count). The Labute approximate surface area is 171 Å². The fourth-order valence-electron chi connectivity index (χ4n) is 2.66. The SMILES string of the molecule is Cc1cc(F)cnc1CN=C1NSc2cccc(Oc3ccccc3Cl)c2N1. The molecule has 2 heterocycles. The molecule has 0 saturated heterocycles. The lowest BCUT2D eigenvalue weighted by Gasteiger charge is -2.23. The largest absolute Gasteiger partial charge is 0.454 e. The number of benzene rings is 2. The average Bonchev–Trinajstić information content (AvgIpc) is 2.69. The summed E-state index contributed by atoms with van der Waals surface area (Å²) in [5.41, 5.74) is 2.28. The van der Waals surface area contributed by atoms with E-state index in [1.54, 1.807) is 6.07 Å². The van der Waals surface area contributed by atoms with Crippen molar-refractivity contribution in [3.8, 4) is 11.5 Å². The van der Waals surface area contributed by atoms with E-state index in [0.717, 1.165) is 16.1 Å². The molecule has 0 radical (unpaired) electrons. The minimum absolute atomic E-state index is 0.324. The monoisotopic (exact) mass is 414 g/mol. The van der Waals surface area contributed by atoms with E-state index in [2.05, 4.69) is 20.0 Å². The zero-order chi connectivity index (χ0) is 19.5. The first kappa shape index (κ1) is 18.6. The van der Waals surface area contributed by atoms with Crippen molar-refractivity contribution in [3.63, 3.8) is 0 Å². The predicted octanol–water partition coefficient (Wildman–Crippen LogP) is 5.55. The molecular formula is C20H16ClFN4OS. The molecule has 0 bridgehead atoms. The van der Waals surface area contributed by atoms with Crippen molar-refractivity contribution in [2.75, 3.05) is 5.32 Å². The first-order chi connectivity index (χ1) is 13.6. The Morgan fingerprint density at radius 3 is 2.82 bits per heavy atom. The smallest absolute Gasteiger partial charge is 0.206 e. The molecule has 0 unspecified atom stereocenters. The van der Waals surface area contributed by atoms with Gasteiger partial charge in [-0.05, 0) is 54.8 Å². The molecule has 1 aromatic heterocycles. The van der Waals surface area contributed by atoms with Crippen LogP contribution in [0.3, 0.4) is 0 Å². The first-order valence-electron chi connectivity index (χ1n) is 8.51. The molecule has 2 N–H and O–H groups in total. The van der Waals surface area contributed by atoms with Crippen molar-refractivity contribution in [2.45, 2.75) is 18.4 Å². The summed E-state index contributed by atoms with van der Waals surface area (Å²) in [5.74, 6) is 1.43. The van der Waals surface area contributed by atoms with Crippen molar-refractivity contribution >= 4 is 35.2 Å². The molecule has 0 aliphatic carbocycles. The summed E-state index contributed by atoms with van der Waals surface area (Å²) in [7, 11) is 0. The zero-order valence-electron chi connectivity index (χ0n) is 14.9. The van der Waals surface area contributed by atoms with Gasteiger partial charge in [0.15, 0.2) is 5.75 Å². The van der Waals surface area contributed by atoms with E-state index in [9.17, 15) is 4.39 Å². The number of hydrogen-bond donors (Lipinski definition) is 2. The average molecular weight is 415 g/mol. The van der Waals surface area contributed by atoms with Gasteiger partial charge in [0.2, 0.25) is 5.96 Å². The second-order valence-corrected chi connectivity index (χ2v) is 7.33. The Morgan fingerprint density at radius 1 is 1.18 bits per heavy atom. The number of ether oxygens (including phenoxy) is 1. The number of nitrogens with one attached hydrogen (secondary N) is 2. The first-order valence-corrected chi connectivity index (χ1v) is 9.70. The summed E-state index contributed by atoms with van der Waals surface area (Å²) in [6, 6.07) is 14.5. The van der Waals surface area contributed by atoms with Crippen LogP contribution in [0.15, 0.2) is 64.6 Å². The molecule has 0 amide bonds. The van der Waals surface area contributed by atoms with Crippen LogP contribution >= 0.6 is 23.5 Å². The van der Waals surface area contributed by atoms with Crippen molar-refractivity contribution in [1.29, 1.82) is 0 Å². The van der Waals surface area contributed by atoms with Crippen LogP contribution in [-0.4, -0.2) is 10.9 Å². The van der Waals surface area contributed by atoms with Gasteiger partial charge in [-0.1, -0.05) is 29.8 Å². The Bertz CT molecular complexity index is 1060.